The molecule has 1 aromatic rings. The highest BCUT2D eigenvalue weighted by Gasteiger charge is 2.26. The average Bonchev–Trinajstić information content (AvgIpc) is 2.32. The second-order valence-electron chi connectivity index (χ2n) is 5.39. The molecule has 5 heteroatoms. The van der Waals surface area contributed by atoms with Crippen LogP contribution in [0.5, 0.6) is 0 Å². The van der Waals surface area contributed by atoms with Crippen molar-refractivity contribution in [2.75, 3.05) is 18.0 Å². The Labute approximate surface area is 111 Å². The van der Waals surface area contributed by atoms with Crippen LogP contribution >= 0.6 is 0 Å². The number of hydrogen-bond acceptors (Lipinski definition) is 2. The molecule has 1 aliphatic rings. The molecule has 0 spiro atoms. The minimum atomic E-state index is -0.646. The summed E-state index contributed by atoms with van der Waals surface area (Å²) in [5, 5.41) is 7.23. The van der Waals surface area contributed by atoms with Crippen molar-refractivity contribution in [3.63, 3.8) is 0 Å². The zero-order valence-corrected chi connectivity index (χ0v) is 11.2. The quantitative estimate of drug-likeness (QED) is 0.639. The zero-order chi connectivity index (χ0) is 14.2. The molecular weight excluding hydrogens is 248 g/mol. The van der Waals surface area contributed by atoms with E-state index < -0.39 is 11.6 Å². The molecule has 2 atom stereocenters. The number of rotatable bonds is 2. The Morgan fingerprint density at radius 1 is 1.26 bits per heavy atom. The van der Waals surface area contributed by atoms with E-state index in [-0.39, 0.29) is 17.1 Å². The van der Waals surface area contributed by atoms with Gasteiger partial charge < -0.3 is 10.6 Å². The van der Waals surface area contributed by atoms with Gasteiger partial charge in [0.1, 0.15) is 23.2 Å². The predicted molar refractivity (Wildman–Crippen MR) is 72.5 cm³/mol. The third-order valence-electron chi connectivity index (χ3n) is 3.98. The summed E-state index contributed by atoms with van der Waals surface area (Å²) in [6, 6.07) is 2.26. The third-order valence-corrected chi connectivity index (χ3v) is 3.98. The molecule has 0 saturated carbocycles. The third kappa shape index (κ3) is 2.69. The summed E-state index contributed by atoms with van der Waals surface area (Å²) in [5.41, 5.74) is 5.34. The normalized spacial score (nSPS) is 23.5. The van der Waals surface area contributed by atoms with Crippen molar-refractivity contribution in [1.29, 1.82) is 5.41 Å². The van der Waals surface area contributed by atoms with E-state index >= 15 is 0 Å². The van der Waals surface area contributed by atoms with E-state index in [0.717, 1.165) is 18.6 Å². The molecule has 3 N–H and O–H groups in total. The topological polar surface area (TPSA) is 53.1 Å². The van der Waals surface area contributed by atoms with Gasteiger partial charge in [0.2, 0.25) is 0 Å². The van der Waals surface area contributed by atoms with Gasteiger partial charge in [-0.2, -0.15) is 0 Å². The largest absolute Gasteiger partial charge is 0.384 e. The molecule has 0 bridgehead atoms. The molecule has 104 valence electrons. The standard InChI is InChI=1S/C14H19F2N3/c1-8-3-4-19(7-9(8)2)13-11(15)5-10(14(17)18)6-12(13)16/h5-6,8-9H,3-4,7H2,1-2H3,(H3,17,18). The fourth-order valence-electron chi connectivity index (χ4n) is 2.49. The number of nitrogens with zero attached hydrogens (tertiary/aromatic N) is 1. The summed E-state index contributed by atoms with van der Waals surface area (Å²) in [6.07, 6.45) is 0.925. The van der Waals surface area contributed by atoms with Crippen LogP contribution in [0.2, 0.25) is 0 Å². The van der Waals surface area contributed by atoms with Gasteiger partial charge in [0.25, 0.3) is 0 Å². The van der Waals surface area contributed by atoms with Gasteiger partial charge in [-0.25, -0.2) is 8.78 Å². The Bertz CT molecular complexity index is 478. The molecule has 0 radical (unpaired) electrons. The second kappa shape index (κ2) is 5.15. The summed E-state index contributed by atoms with van der Waals surface area (Å²) in [6.45, 7) is 5.55. The Morgan fingerprint density at radius 2 is 1.84 bits per heavy atom. The van der Waals surface area contributed by atoms with E-state index in [0.29, 0.717) is 24.9 Å². The summed E-state index contributed by atoms with van der Waals surface area (Å²) in [7, 11) is 0. The SMILES string of the molecule is CC1CCN(c2c(F)cc(C(=N)N)cc2F)CC1C. The van der Waals surface area contributed by atoms with Crippen LogP contribution in [-0.2, 0) is 0 Å². The van der Waals surface area contributed by atoms with Crippen LogP contribution in [0, 0.1) is 28.9 Å². The van der Waals surface area contributed by atoms with Gasteiger partial charge in [0.05, 0.1) is 0 Å². The van der Waals surface area contributed by atoms with Crippen molar-refractivity contribution in [3.05, 3.63) is 29.3 Å². The van der Waals surface area contributed by atoms with Gasteiger partial charge >= 0.3 is 0 Å². The predicted octanol–water partition coefficient (Wildman–Crippen LogP) is 2.73. The fourth-order valence-corrected chi connectivity index (χ4v) is 2.49. The van der Waals surface area contributed by atoms with E-state index in [4.69, 9.17) is 11.1 Å². The lowest BCUT2D eigenvalue weighted by atomic mass is 9.88. The first-order valence-corrected chi connectivity index (χ1v) is 6.48. The van der Waals surface area contributed by atoms with E-state index in [9.17, 15) is 8.78 Å². The van der Waals surface area contributed by atoms with Crippen molar-refractivity contribution in [3.8, 4) is 0 Å². The van der Waals surface area contributed by atoms with Gasteiger partial charge in [0, 0.05) is 18.7 Å². The molecule has 2 unspecified atom stereocenters. The minimum Gasteiger partial charge on any atom is -0.384 e. The van der Waals surface area contributed by atoms with Crippen molar-refractivity contribution in [1.82, 2.24) is 0 Å². The lowest BCUT2D eigenvalue weighted by molar-refractivity contribution is 0.320. The van der Waals surface area contributed by atoms with Crippen molar-refractivity contribution in [2.24, 2.45) is 17.6 Å². The maximum Gasteiger partial charge on any atom is 0.150 e. The molecular formula is C14H19F2N3. The molecule has 1 saturated heterocycles. The van der Waals surface area contributed by atoms with Crippen LogP contribution in [0.3, 0.4) is 0 Å². The Kier molecular flexibility index (Phi) is 3.73. The second-order valence-corrected chi connectivity index (χ2v) is 5.39. The molecule has 0 aromatic heterocycles. The maximum absolute atomic E-state index is 14.0. The highest BCUT2D eigenvalue weighted by atomic mass is 19.1. The van der Waals surface area contributed by atoms with E-state index in [2.05, 4.69) is 13.8 Å². The summed E-state index contributed by atoms with van der Waals surface area (Å²) < 4.78 is 28.1. The number of halogens is 2. The number of anilines is 1. The summed E-state index contributed by atoms with van der Waals surface area (Å²) in [4.78, 5) is 1.75. The Morgan fingerprint density at radius 3 is 2.32 bits per heavy atom. The smallest absolute Gasteiger partial charge is 0.150 e. The van der Waals surface area contributed by atoms with Crippen LogP contribution < -0.4 is 10.6 Å². The first-order valence-electron chi connectivity index (χ1n) is 6.48. The van der Waals surface area contributed by atoms with Gasteiger partial charge in [-0.3, -0.25) is 5.41 Å². The summed E-state index contributed by atoms with van der Waals surface area (Å²) in [5.74, 6) is -0.650. The Balaban J connectivity index is 2.33. The van der Waals surface area contributed by atoms with E-state index in [1.807, 2.05) is 0 Å². The van der Waals surface area contributed by atoms with Crippen molar-refractivity contribution in [2.45, 2.75) is 20.3 Å². The van der Waals surface area contributed by atoms with Gasteiger partial charge in [0.15, 0.2) is 0 Å². The fraction of sp³-hybridized carbons (Fsp3) is 0.500. The molecule has 1 fully saturated rings. The van der Waals surface area contributed by atoms with Crippen LogP contribution in [-0.4, -0.2) is 18.9 Å². The molecule has 0 aliphatic carbocycles. The van der Waals surface area contributed by atoms with Crippen molar-refractivity contribution < 1.29 is 8.78 Å². The molecule has 19 heavy (non-hydrogen) atoms. The van der Waals surface area contributed by atoms with E-state index in [1.165, 1.54) is 0 Å². The van der Waals surface area contributed by atoms with Crippen LogP contribution in [0.4, 0.5) is 14.5 Å². The van der Waals surface area contributed by atoms with Crippen molar-refractivity contribution >= 4 is 11.5 Å². The van der Waals surface area contributed by atoms with Gasteiger partial charge in [-0.1, -0.05) is 13.8 Å². The van der Waals surface area contributed by atoms with Crippen LogP contribution in [0.15, 0.2) is 12.1 Å². The number of nitrogen functional groups attached to an aromatic ring is 1. The molecule has 2 rings (SSSR count). The highest BCUT2D eigenvalue weighted by molar-refractivity contribution is 5.95. The average molecular weight is 267 g/mol. The number of nitrogens with two attached hydrogens (primary N) is 1. The number of hydrogen-bond donors (Lipinski definition) is 2. The molecule has 1 heterocycles. The van der Waals surface area contributed by atoms with Crippen LogP contribution in [0.1, 0.15) is 25.8 Å². The lowest BCUT2D eigenvalue weighted by Gasteiger charge is -2.37. The number of nitrogens with one attached hydrogen (secondary N) is 1. The number of piperidine rings is 1. The first-order chi connectivity index (χ1) is 8.90. The highest BCUT2D eigenvalue weighted by Crippen LogP contribution is 2.31. The first kappa shape index (κ1) is 13.8. The monoisotopic (exact) mass is 267 g/mol. The summed E-state index contributed by atoms with van der Waals surface area (Å²) >= 11 is 0. The van der Waals surface area contributed by atoms with Gasteiger partial charge in [-0.15, -0.1) is 0 Å². The van der Waals surface area contributed by atoms with Gasteiger partial charge in [-0.05, 0) is 30.4 Å². The Hall–Kier alpha value is -1.65. The minimum absolute atomic E-state index is 0.00347. The molecule has 0 amide bonds. The number of amidine groups is 1. The van der Waals surface area contributed by atoms with E-state index in [1.54, 1.807) is 4.90 Å². The zero-order valence-electron chi connectivity index (χ0n) is 11.2. The molecule has 1 aromatic carbocycles. The maximum atomic E-state index is 14.0. The molecule has 1 aliphatic heterocycles. The lowest BCUT2D eigenvalue weighted by Crippen LogP contribution is -2.39. The molecule has 3 nitrogen and oxygen atoms in total. The van der Waals surface area contributed by atoms with Crippen LogP contribution in [0.25, 0.3) is 0 Å². The number of benzene rings is 1.